The predicted octanol–water partition coefficient (Wildman–Crippen LogP) is 8.03. The standard InChI is InChI=1S/C57H78N2O9/c1-7-24-57(68)26-23-43-40-15-11-34-27-37(60)14-16-39(34)51(40)41(31-55(43,57)4)33-9-12-36(13-10-33)59(6)50(65)21-19-46(53(66)67)58-49(64)20-8-32(2)42-17-18-44-52-45(30-48(63)56(42,44)5)54(3)25-22-38(61)28-35(54)29-47(52)62/h9-10,12-13,27,32,35,38,40-48,52,61-63,68H,8,11,14-23,25-26,28-31H2,1-6H3,(H,58,64)(H,66,67)/t32-,35+,38-,40+,41-,42-,43+,44+,45+,46+,47-,48+,52+,54+,55+,56-,57+/m1/s1. The molecule has 0 bridgehead atoms. The lowest BCUT2D eigenvalue weighted by atomic mass is 9.43. The van der Waals surface area contributed by atoms with E-state index in [1.165, 1.54) is 21.6 Å². The van der Waals surface area contributed by atoms with Gasteiger partial charge >= 0.3 is 5.97 Å². The van der Waals surface area contributed by atoms with Crippen molar-refractivity contribution in [1.29, 1.82) is 0 Å². The zero-order valence-electron chi connectivity index (χ0n) is 41.4. The Morgan fingerprint density at radius 2 is 1.63 bits per heavy atom. The number of nitrogens with zero attached hydrogens (tertiary/aromatic N) is 1. The lowest BCUT2D eigenvalue weighted by Gasteiger charge is -2.63. The Morgan fingerprint density at radius 3 is 2.35 bits per heavy atom. The van der Waals surface area contributed by atoms with E-state index in [1.54, 1.807) is 14.0 Å². The van der Waals surface area contributed by atoms with Gasteiger partial charge in [-0.3, -0.25) is 14.4 Å². The Balaban J connectivity index is 0.815. The van der Waals surface area contributed by atoms with E-state index in [1.807, 2.05) is 18.2 Å². The molecule has 8 aliphatic rings. The molecule has 1 aromatic rings. The molecule has 9 rings (SSSR count). The number of carbonyl (C=O) groups is 4. The van der Waals surface area contributed by atoms with Gasteiger partial charge in [0.05, 0.1) is 18.3 Å². The van der Waals surface area contributed by atoms with E-state index >= 15 is 0 Å². The Morgan fingerprint density at radius 1 is 0.882 bits per heavy atom. The second-order valence-corrected chi connectivity index (χ2v) is 23.9. The molecule has 11 heteroatoms. The smallest absolute Gasteiger partial charge is 0.326 e. The van der Waals surface area contributed by atoms with Crippen molar-refractivity contribution in [3.63, 3.8) is 0 Å². The predicted molar refractivity (Wildman–Crippen MR) is 260 cm³/mol. The first kappa shape index (κ1) is 49.2. The second-order valence-electron chi connectivity index (χ2n) is 23.9. The number of aliphatic hydroxyl groups excluding tert-OH is 3. The van der Waals surface area contributed by atoms with Gasteiger partial charge in [-0.1, -0.05) is 51.3 Å². The summed E-state index contributed by atoms with van der Waals surface area (Å²) in [5, 5.41) is 59.1. The van der Waals surface area contributed by atoms with Crippen molar-refractivity contribution in [2.45, 2.75) is 186 Å². The average molecular weight is 935 g/mol. The van der Waals surface area contributed by atoms with Gasteiger partial charge in [0, 0.05) is 43.3 Å². The molecule has 68 heavy (non-hydrogen) atoms. The fraction of sp³-hybridized carbons (Fsp3) is 0.719. The van der Waals surface area contributed by atoms with Gasteiger partial charge in [0.2, 0.25) is 11.8 Å². The lowest BCUT2D eigenvalue weighted by molar-refractivity contribution is -0.207. The van der Waals surface area contributed by atoms with Gasteiger partial charge in [-0.05, 0) is 196 Å². The van der Waals surface area contributed by atoms with Gasteiger partial charge in [0.1, 0.15) is 11.6 Å². The molecule has 370 valence electrons. The van der Waals surface area contributed by atoms with Crippen molar-refractivity contribution in [2.75, 3.05) is 11.9 Å². The van der Waals surface area contributed by atoms with Gasteiger partial charge in [-0.15, -0.1) is 5.92 Å². The minimum Gasteiger partial charge on any atom is -0.480 e. The number of rotatable bonds is 11. The molecule has 0 aliphatic heterocycles. The number of amides is 2. The maximum absolute atomic E-state index is 13.6. The highest BCUT2D eigenvalue weighted by atomic mass is 16.4. The van der Waals surface area contributed by atoms with Crippen LogP contribution in [-0.4, -0.2) is 86.1 Å². The number of carboxylic acids is 1. The number of carboxylic acid groups (broad SMARTS) is 1. The molecule has 8 aliphatic carbocycles. The maximum atomic E-state index is 13.6. The third-order valence-electron chi connectivity index (χ3n) is 20.9. The van der Waals surface area contributed by atoms with Crippen LogP contribution < -0.4 is 10.2 Å². The number of aliphatic carboxylic acids is 1. The summed E-state index contributed by atoms with van der Waals surface area (Å²) >= 11 is 0. The van der Waals surface area contributed by atoms with Gasteiger partial charge in [-0.25, -0.2) is 4.79 Å². The number of fused-ring (bicyclic) bond motifs is 9. The molecular formula is C57H78N2O9. The van der Waals surface area contributed by atoms with E-state index in [-0.39, 0.29) is 89.8 Å². The number of nitrogens with one attached hydrogen (secondary N) is 1. The second kappa shape index (κ2) is 18.4. The number of benzene rings is 1. The fourth-order valence-electron chi connectivity index (χ4n) is 17.1. The van der Waals surface area contributed by atoms with E-state index in [2.05, 4.69) is 57.0 Å². The summed E-state index contributed by atoms with van der Waals surface area (Å²) in [4.78, 5) is 53.6. The van der Waals surface area contributed by atoms with Gasteiger partial charge in [-0.2, -0.15) is 0 Å². The zero-order chi connectivity index (χ0) is 48.7. The number of aliphatic hydroxyl groups is 4. The van der Waals surface area contributed by atoms with Crippen molar-refractivity contribution >= 4 is 29.3 Å². The summed E-state index contributed by atoms with van der Waals surface area (Å²) in [6.07, 6.45) is 12.1. The average Bonchev–Trinajstić information content (AvgIpc) is 3.80. The highest BCUT2D eigenvalue weighted by molar-refractivity contribution is 5.94. The van der Waals surface area contributed by atoms with E-state index < -0.39 is 40.7 Å². The lowest BCUT2D eigenvalue weighted by Crippen LogP contribution is -2.62. The van der Waals surface area contributed by atoms with Crippen molar-refractivity contribution in [3.05, 3.63) is 52.6 Å². The van der Waals surface area contributed by atoms with Crippen LogP contribution in [0.1, 0.15) is 162 Å². The van der Waals surface area contributed by atoms with Crippen LogP contribution in [-0.2, 0) is 19.2 Å². The van der Waals surface area contributed by atoms with Crippen molar-refractivity contribution in [2.24, 2.45) is 63.6 Å². The van der Waals surface area contributed by atoms with E-state index in [4.69, 9.17) is 0 Å². The summed E-state index contributed by atoms with van der Waals surface area (Å²) in [5.41, 5.74) is 3.79. The number of ketones is 1. The SMILES string of the molecule is CC#C[C@]1(O)CC[C@H]2[C@@H]3CCC4=CC(=O)CCC4=C3[C@@H](c3ccc(N(C)C(=O)CC[C@H](NC(=O)CC[C@@H](C)[C@H]4CC[C@H]5[C@@H]6[C@H](O)C[C@@H]7C[C@H](O)CC[C@]7(C)[C@H]6C[C@H](O)[C@]45C)C(=O)O)cc3)C[C@@]21C. The summed E-state index contributed by atoms with van der Waals surface area (Å²) in [5.74, 6) is 6.21. The van der Waals surface area contributed by atoms with E-state index in [0.29, 0.717) is 49.6 Å². The third-order valence-corrected chi connectivity index (χ3v) is 20.9. The summed E-state index contributed by atoms with van der Waals surface area (Å²) in [6, 6.07) is 6.78. The summed E-state index contributed by atoms with van der Waals surface area (Å²) in [6.45, 7) is 10.7. The Bertz CT molecular complexity index is 2290. The Labute approximate surface area is 404 Å². The quantitative estimate of drug-likeness (QED) is 0.120. The van der Waals surface area contributed by atoms with E-state index in [0.717, 1.165) is 69.8 Å². The first-order valence-corrected chi connectivity index (χ1v) is 26.3. The molecule has 0 aromatic heterocycles. The first-order valence-electron chi connectivity index (χ1n) is 26.3. The molecule has 1 aromatic carbocycles. The first-order chi connectivity index (χ1) is 32.2. The normalized spacial score (nSPS) is 41.2. The minimum absolute atomic E-state index is 0.00520. The number of hydrogen-bond acceptors (Lipinski definition) is 8. The highest BCUT2D eigenvalue weighted by Gasteiger charge is 2.66. The largest absolute Gasteiger partial charge is 0.480 e. The van der Waals surface area contributed by atoms with E-state index in [9.17, 15) is 44.7 Å². The number of anilines is 1. The molecule has 0 saturated heterocycles. The molecule has 11 nitrogen and oxygen atoms in total. The van der Waals surface area contributed by atoms with Crippen LogP contribution in [0.25, 0.3) is 0 Å². The van der Waals surface area contributed by atoms with Crippen LogP contribution in [0, 0.1) is 75.4 Å². The Kier molecular flexibility index (Phi) is 13.3. The van der Waals surface area contributed by atoms with Crippen LogP contribution in [0.2, 0.25) is 0 Å². The molecule has 2 amide bonds. The van der Waals surface area contributed by atoms with Crippen LogP contribution in [0.5, 0.6) is 0 Å². The molecule has 17 atom stereocenters. The van der Waals surface area contributed by atoms with Gasteiger partial charge in [0.25, 0.3) is 0 Å². The van der Waals surface area contributed by atoms with Gasteiger partial charge < -0.3 is 35.7 Å². The molecule has 6 saturated carbocycles. The number of carbonyl (C=O) groups excluding carboxylic acids is 3. The highest BCUT2D eigenvalue weighted by Crippen LogP contribution is 2.69. The maximum Gasteiger partial charge on any atom is 0.326 e. The third kappa shape index (κ3) is 8.13. The molecular weight excluding hydrogens is 857 g/mol. The van der Waals surface area contributed by atoms with Crippen LogP contribution in [0.4, 0.5) is 5.69 Å². The van der Waals surface area contributed by atoms with Gasteiger partial charge in [0.15, 0.2) is 5.78 Å². The summed E-state index contributed by atoms with van der Waals surface area (Å²) < 4.78 is 0. The fourth-order valence-corrected chi connectivity index (χ4v) is 17.1. The molecule has 0 radical (unpaired) electrons. The van der Waals surface area contributed by atoms with Crippen LogP contribution >= 0.6 is 0 Å². The zero-order valence-corrected chi connectivity index (χ0v) is 41.4. The molecule has 0 heterocycles. The summed E-state index contributed by atoms with van der Waals surface area (Å²) in [7, 11) is 1.68. The van der Waals surface area contributed by atoms with Crippen LogP contribution in [0.15, 0.2) is 47.1 Å². The van der Waals surface area contributed by atoms with Crippen molar-refractivity contribution in [1.82, 2.24) is 5.32 Å². The number of allylic oxidation sites excluding steroid dienone is 4. The molecule has 0 unspecified atom stereocenters. The molecule has 6 fully saturated rings. The molecule has 0 spiro atoms. The van der Waals surface area contributed by atoms with Crippen molar-refractivity contribution in [3.8, 4) is 11.8 Å². The minimum atomic E-state index is -1.23. The van der Waals surface area contributed by atoms with Crippen LogP contribution in [0.3, 0.4) is 0 Å². The Hall–Kier alpha value is -3.82. The number of hydrogen-bond donors (Lipinski definition) is 6. The molecule has 6 N–H and O–H groups in total. The monoisotopic (exact) mass is 935 g/mol. The van der Waals surface area contributed by atoms with Crippen molar-refractivity contribution < 1.29 is 44.7 Å². The topological polar surface area (TPSA) is 185 Å².